The maximum Gasteiger partial charge on any atom is 0.221 e. The summed E-state index contributed by atoms with van der Waals surface area (Å²) >= 11 is 0. The molecular weight excluding hydrogens is 362 g/mol. The minimum Gasteiger partial charge on any atom is -0.350 e. The Hall–Kier alpha value is -1.40. The highest BCUT2D eigenvalue weighted by atomic mass is 16.1. The van der Waals surface area contributed by atoms with Crippen LogP contribution >= 0.6 is 0 Å². The molecule has 0 radical (unpaired) electrons. The molecule has 5 rings (SSSR count). The van der Waals surface area contributed by atoms with Crippen LogP contribution in [0.3, 0.4) is 0 Å². The normalized spacial score (nSPS) is 28.4. The Kier molecular flexibility index (Phi) is 5.91. The van der Waals surface area contributed by atoms with Gasteiger partial charge in [0, 0.05) is 51.2 Å². The van der Waals surface area contributed by atoms with Crippen LogP contribution in [0.1, 0.15) is 75.6 Å². The molecule has 2 atom stereocenters. The molecule has 29 heavy (non-hydrogen) atoms. The van der Waals surface area contributed by atoms with Crippen LogP contribution in [0, 0.1) is 5.92 Å². The molecule has 1 aromatic heterocycles. The quantitative estimate of drug-likeness (QED) is 0.799. The fourth-order valence-electron chi connectivity index (χ4n) is 6.21. The summed E-state index contributed by atoms with van der Waals surface area (Å²) in [7, 11) is 0. The first-order valence-electron chi connectivity index (χ1n) is 12.0. The van der Waals surface area contributed by atoms with Gasteiger partial charge in [0.15, 0.2) is 0 Å². The zero-order valence-electron chi connectivity index (χ0n) is 17.8. The van der Waals surface area contributed by atoms with Crippen molar-refractivity contribution in [1.82, 2.24) is 24.9 Å². The minimum atomic E-state index is 0.166. The van der Waals surface area contributed by atoms with Gasteiger partial charge in [0.25, 0.3) is 0 Å². The zero-order chi connectivity index (χ0) is 19.6. The molecule has 0 aromatic carbocycles. The van der Waals surface area contributed by atoms with E-state index in [-0.39, 0.29) is 5.91 Å². The van der Waals surface area contributed by atoms with Crippen molar-refractivity contribution in [2.75, 3.05) is 19.6 Å². The van der Waals surface area contributed by atoms with Crippen molar-refractivity contribution in [3.8, 4) is 0 Å². The van der Waals surface area contributed by atoms with E-state index in [1.807, 2.05) is 0 Å². The summed E-state index contributed by atoms with van der Waals surface area (Å²) < 4.78 is 2.19. The Morgan fingerprint density at radius 3 is 2.76 bits per heavy atom. The number of aromatic nitrogens is 2. The predicted octanol–water partition coefficient (Wildman–Crippen LogP) is 2.91. The second kappa shape index (κ2) is 8.76. The fourth-order valence-corrected chi connectivity index (χ4v) is 6.21. The summed E-state index contributed by atoms with van der Waals surface area (Å²) in [6.07, 6.45) is 12.8. The van der Waals surface area contributed by atoms with Crippen LogP contribution < -0.4 is 5.32 Å². The fraction of sp³-hybridized carbons (Fsp3) is 0.826. The molecule has 2 aliphatic heterocycles. The molecule has 0 unspecified atom stereocenters. The molecule has 1 aromatic rings. The number of fused-ring (bicyclic) bond motifs is 3. The van der Waals surface area contributed by atoms with E-state index in [0.717, 1.165) is 43.3 Å². The lowest BCUT2D eigenvalue weighted by Crippen LogP contribution is -2.36. The van der Waals surface area contributed by atoms with Gasteiger partial charge in [-0.2, -0.15) is 5.10 Å². The molecular formula is C23H37N5O. The third-order valence-electron chi connectivity index (χ3n) is 7.80. The number of piperidine rings is 1. The highest BCUT2D eigenvalue weighted by molar-refractivity contribution is 5.76. The maximum absolute atomic E-state index is 12.4. The number of nitrogens with one attached hydrogen (secondary N) is 1. The van der Waals surface area contributed by atoms with Crippen LogP contribution in [0.15, 0.2) is 6.07 Å². The number of amides is 1. The van der Waals surface area contributed by atoms with Gasteiger partial charge in [0.05, 0.1) is 17.9 Å². The van der Waals surface area contributed by atoms with Gasteiger partial charge in [-0.05, 0) is 50.5 Å². The van der Waals surface area contributed by atoms with Crippen LogP contribution in [-0.4, -0.2) is 57.2 Å². The average Bonchev–Trinajstić information content (AvgIpc) is 3.44. The van der Waals surface area contributed by atoms with Crippen molar-refractivity contribution in [3.05, 3.63) is 17.5 Å². The lowest BCUT2D eigenvalue weighted by Gasteiger charge is -2.33. The van der Waals surface area contributed by atoms with E-state index in [9.17, 15) is 4.79 Å². The molecule has 160 valence electrons. The molecule has 2 aliphatic carbocycles. The van der Waals surface area contributed by atoms with E-state index in [4.69, 9.17) is 5.10 Å². The van der Waals surface area contributed by atoms with Gasteiger partial charge in [-0.25, -0.2) is 0 Å². The summed E-state index contributed by atoms with van der Waals surface area (Å²) in [6.45, 7) is 5.91. The van der Waals surface area contributed by atoms with E-state index in [1.165, 1.54) is 76.6 Å². The van der Waals surface area contributed by atoms with Gasteiger partial charge < -0.3 is 5.32 Å². The number of likely N-dealkylation sites (tertiary alicyclic amines) is 1. The number of rotatable bonds is 6. The van der Waals surface area contributed by atoms with E-state index in [2.05, 4.69) is 25.9 Å². The Labute approximate surface area is 175 Å². The number of carbonyl (C=O) groups is 1. The van der Waals surface area contributed by atoms with Gasteiger partial charge >= 0.3 is 0 Å². The summed E-state index contributed by atoms with van der Waals surface area (Å²) in [5.74, 6) is 1.07. The highest BCUT2D eigenvalue weighted by Gasteiger charge is 2.37. The number of hydrogen-bond acceptors (Lipinski definition) is 4. The molecule has 3 heterocycles. The Bertz CT molecular complexity index is 710. The summed E-state index contributed by atoms with van der Waals surface area (Å²) in [5.41, 5.74) is 2.34. The Balaban J connectivity index is 1.10. The van der Waals surface area contributed by atoms with Crippen molar-refractivity contribution in [2.24, 2.45) is 5.92 Å². The number of aryl methyl sites for hydroxylation is 1. The molecule has 1 saturated heterocycles. The van der Waals surface area contributed by atoms with Gasteiger partial charge in [0.2, 0.25) is 5.91 Å². The first kappa shape index (κ1) is 19.6. The van der Waals surface area contributed by atoms with Crippen LogP contribution in [0.5, 0.6) is 0 Å². The number of nitrogens with zero attached hydrogens (tertiary/aromatic N) is 4. The van der Waals surface area contributed by atoms with Crippen molar-refractivity contribution in [3.63, 3.8) is 0 Å². The highest BCUT2D eigenvalue weighted by Crippen LogP contribution is 2.37. The number of carbonyl (C=O) groups excluding carboxylic acids is 1. The van der Waals surface area contributed by atoms with Gasteiger partial charge in [-0.15, -0.1) is 0 Å². The first-order chi connectivity index (χ1) is 14.2. The summed E-state index contributed by atoms with van der Waals surface area (Å²) in [4.78, 5) is 17.6. The van der Waals surface area contributed by atoms with E-state index < -0.39 is 0 Å². The zero-order valence-corrected chi connectivity index (χ0v) is 17.8. The Morgan fingerprint density at radius 1 is 1.07 bits per heavy atom. The van der Waals surface area contributed by atoms with Gasteiger partial charge in [0.1, 0.15) is 0 Å². The SMILES string of the molecule is O=C(CCN1C[C@H]2CC[C@@H]1C2)NCc1cc2n(n1)CCCN(C1CCCCC1)C2. The second-order valence-electron chi connectivity index (χ2n) is 9.82. The third kappa shape index (κ3) is 4.53. The standard InChI is InChI=1S/C23H37N5O/c29-23(9-12-27-16-18-7-8-21(27)13-18)24-15-19-14-22-17-26(10-4-11-28(22)25-19)20-5-2-1-3-6-20/h14,18,20-21H,1-13,15-17H2,(H,24,29)/t18-,21+/m0/s1. The summed E-state index contributed by atoms with van der Waals surface area (Å²) in [5, 5.41) is 7.91. The van der Waals surface area contributed by atoms with Gasteiger partial charge in [-0.3, -0.25) is 19.3 Å². The van der Waals surface area contributed by atoms with E-state index in [0.29, 0.717) is 13.0 Å². The smallest absolute Gasteiger partial charge is 0.221 e. The maximum atomic E-state index is 12.4. The molecule has 2 saturated carbocycles. The third-order valence-corrected chi connectivity index (χ3v) is 7.80. The first-order valence-corrected chi connectivity index (χ1v) is 12.0. The predicted molar refractivity (Wildman–Crippen MR) is 113 cm³/mol. The molecule has 3 fully saturated rings. The second-order valence-corrected chi connectivity index (χ2v) is 9.82. The van der Waals surface area contributed by atoms with Crippen molar-refractivity contribution < 1.29 is 4.79 Å². The molecule has 1 N–H and O–H groups in total. The molecule has 6 nitrogen and oxygen atoms in total. The van der Waals surface area contributed by atoms with Crippen molar-refractivity contribution in [2.45, 2.75) is 95.9 Å². The van der Waals surface area contributed by atoms with E-state index >= 15 is 0 Å². The minimum absolute atomic E-state index is 0.166. The van der Waals surface area contributed by atoms with Crippen LogP contribution in [0.25, 0.3) is 0 Å². The number of hydrogen-bond donors (Lipinski definition) is 1. The average molecular weight is 400 g/mol. The molecule has 2 bridgehead atoms. The monoisotopic (exact) mass is 399 g/mol. The molecule has 4 aliphatic rings. The van der Waals surface area contributed by atoms with Gasteiger partial charge in [-0.1, -0.05) is 19.3 Å². The molecule has 0 spiro atoms. The lowest BCUT2D eigenvalue weighted by atomic mass is 9.94. The molecule has 1 amide bonds. The van der Waals surface area contributed by atoms with Crippen LogP contribution in [-0.2, 0) is 24.4 Å². The largest absolute Gasteiger partial charge is 0.350 e. The molecule has 6 heteroatoms. The Morgan fingerprint density at radius 2 is 1.97 bits per heavy atom. The van der Waals surface area contributed by atoms with E-state index in [1.54, 1.807) is 0 Å². The van der Waals surface area contributed by atoms with Crippen molar-refractivity contribution >= 4 is 5.91 Å². The lowest BCUT2D eigenvalue weighted by molar-refractivity contribution is -0.121. The van der Waals surface area contributed by atoms with Crippen LogP contribution in [0.2, 0.25) is 0 Å². The van der Waals surface area contributed by atoms with Crippen LogP contribution in [0.4, 0.5) is 0 Å². The summed E-state index contributed by atoms with van der Waals surface area (Å²) in [6, 6.07) is 3.74. The topological polar surface area (TPSA) is 53.4 Å². The van der Waals surface area contributed by atoms with Crippen molar-refractivity contribution in [1.29, 1.82) is 0 Å².